The fourth-order valence-corrected chi connectivity index (χ4v) is 3.54. The van der Waals surface area contributed by atoms with E-state index in [1.807, 2.05) is 38.1 Å². The van der Waals surface area contributed by atoms with Crippen LogP contribution in [0.3, 0.4) is 0 Å². The number of carbonyl (C=O) groups is 3. The Morgan fingerprint density at radius 2 is 1.90 bits per heavy atom. The molecular weight excluding hydrogens is 392 g/mol. The van der Waals surface area contributed by atoms with Crippen molar-refractivity contribution in [2.24, 2.45) is 0 Å². The maximum atomic E-state index is 13.0. The third kappa shape index (κ3) is 4.26. The van der Waals surface area contributed by atoms with Crippen molar-refractivity contribution in [1.29, 1.82) is 0 Å². The van der Waals surface area contributed by atoms with Crippen LogP contribution < -0.4 is 16.1 Å². The van der Waals surface area contributed by atoms with Gasteiger partial charge in [-0.05, 0) is 36.6 Å². The number of amides is 4. The van der Waals surface area contributed by atoms with Gasteiger partial charge in [-0.25, -0.2) is 4.79 Å². The Bertz CT molecular complexity index is 921. The van der Waals surface area contributed by atoms with Gasteiger partial charge in [0, 0.05) is 11.1 Å². The van der Waals surface area contributed by atoms with Crippen LogP contribution in [0, 0.1) is 0 Å². The lowest BCUT2D eigenvalue weighted by molar-refractivity contribution is -0.139. The highest BCUT2D eigenvalue weighted by Crippen LogP contribution is 2.31. The molecule has 1 heterocycles. The van der Waals surface area contributed by atoms with Gasteiger partial charge in [0.1, 0.15) is 5.54 Å². The number of halogens is 1. The standard InChI is InChI=1S/C21H23ClN4O3/c1-3-21(16-9-5-4-6-10-16)19(28)26(20(29)24-21)25-18(27)13-23-14(2)15-8-7-11-17(22)12-15/h4-12,14,23H,3,13H2,1-2H3,(H,24,29)(H,25,27)/t14-,21+/m0/s1. The van der Waals surface area contributed by atoms with Crippen LogP contribution in [0.5, 0.6) is 0 Å². The van der Waals surface area contributed by atoms with E-state index < -0.39 is 23.4 Å². The first-order valence-corrected chi connectivity index (χ1v) is 9.75. The highest BCUT2D eigenvalue weighted by Gasteiger charge is 2.52. The predicted molar refractivity (Wildman–Crippen MR) is 110 cm³/mol. The molecule has 1 fully saturated rings. The molecule has 2 aromatic carbocycles. The van der Waals surface area contributed by atoms with Gasteiger partial charge in [-0.2, -0.15) is 5.01 Å². The molecule has 1 aliphatic heterocycles. The molecule has 8 heteroatoms. The first kappa shape index (κ1) is 20.8. The van der Waals surface area contributed by atoms with E-state index in [4.69, 9.17) is 11.6 Å². The molecule has 4 amide bonds. The van der Waals surface area contributed by atoms with E-state index >= 15 is 0 Å². The molecule has 152 valence electrons. The first-order valence-electron chi connectivity index (χ1n) is 9.38. The smallest absolute Gasteiger partial charge is 0.318 e. The number of urea groups is 1. The van der Waals surface area contributed by atoms with Crippen LogP contribution in [0.25, 0.3) is 0 Å². The zero-order chi connectivity index (χ0) is 21.0. The molecule has 0 unspecified atom stereocenters. The average molecular weight is 415 g/mol. The third-order valence-corrected chi connectivity index (χ3v) is 5.28. The summed E-state index contributed by atoms with van der Waals surface area (Å²) in [6, 6.07) is 15.5. The minimum atomic E-state index is -1.19. The molecular formula is C21H23ClN4O3. The normalized spacial score (nSPS) is 19.8. The van der Waals surface area contributed by atoms with Crippen molar-refractivity contribution < 1.29 is 14.4 Å². The van der Waals surface area contributed by atoms with Crippen LogP contribution in [0.2, 0.25) is 5.02 Å². The Morgan fingerprint density at radius 1 is 1.17 bits per heavy atom. The number of hydrogen-bond acceptors (Lipinski definition) is 4. The van der Waals surface area contributed by atoms with Crippen molar-refractivity contribution in [2.45, 2.75) is 31.8 Å². The van der Waals surface area contributed by atoms with Crippen LogP contribution in [-0.4, -0.2) is 29.4 Å². The van der Waals surface area contributed by atoms with Gasteiger partial charge in [0.25, 0.3) is 11.8 Å². The van der Waals surface area contributed by atoms with Crippen LogP contribution >= 0.6 is 11.6 Å². The Kier molecular flexibility index (Phi) is 6.20. The Hall–Kier alpha value is -2.90. The summed E-state index contributed by atoms with van der Waals surface area (Å²) in [5, 5.41) is 7.14. The minimum absolute atomic E-state index is 0.0742. The largest absolute Gasteiger partial charge is 0.344 e. The Labute approximate surface area is 174 Å². The SMILES string of the molecule is CC[C@]1(c2ccccc2)NC(=O)N(NC(=O)CN[C@@H](C)c2cccc(Cl)c2)C1=O. The van der Waals surface area contributed by atoms with Crippen LogP contribution in [0.1, 0.15) is 37.4 Å². The molecule has 7 nitrogen and oxygen atoms in total. The van der Waals surface area contributed by atoms with Gasteiger partial charge in [0.15, 0.2) is 0 Å². The summed E-state index contributed by atoms with van der Waals surface area (Å²) in [6.45, 7) is 3.63. The fraction of sp³-hybridized carbons (Fsp3) is 0.286. The number of nitrogens with zero attached hydrogens (tertiary/aromatic N) is 1. The summed E-state index contributed by atoms with van der Waals surface area (Å²) in [6.07, 6.45) is 0.359. The lowest BCUT2D eigenvalue weighted by atomic mass is 9.87. The van der Waals surface area contributed by atoms with E-state index in [0.717, 1.165) is 10.6 Å². The van der Waals surface area contributed by atoms with Gasteiger partial charge >= 0.3 is 6.03 Å². The number of benzene rings is 2. The molecule has 0 spiro atoms. The van der Waals surface area contributed by atoms with Gasteiger partial charge in [0.05, 0.1) is 6.54 Å². The lowest BCUT2D eigenvalue weighted by Crippen LogP contribution is -2.50. The summed E-state index contributed by atoms with van der Waals surface area (Å²) in [4.78, 5) is 37.8. The Balaban J connectivity index is 1.64. The summed E-state index contributed by atoms with van der Waals surface area (Å²) in [5.41, 5.74) is 2.81. The highest BCUT2D eigenvalue weighted by atomic mass is 35.5. The second-order valence-corrected chi connectivity index (χ2v) is 7.32. The molecule has 2 atom stereocenters. The number of rotatable bonds is 7. The number of hydrogen-bond donors (Lipinski definition) is 3. The second kappa shape index (κ2) is 8.63. The summed E-state index contributed by atoms with van der Waals surface area (Å²) in [7, 11) is 0. The van der Waals surface area contributed by atoms with Crippen molar-refractivity contribution in [3.8, 4) is 0 Å². The highest BCUT2D eigenvalue weighted by molar-refractivity contribution is 6.30. The zero-order valence-corrected chi connectivity index (χ0v) is 17.0. The summed E-state index contributed by atoms with van der Waals surface area (Å²) >= 11 is 5.99. The zero-order valence-electron chi connectivity index (χ0n) is 16.2. The molecule has 0 radical (unpaired) electrons. The van der Waals surface area contributed by atoms with Crippen molar-refractivity contribution in [3.63, 3.8) is 0 Å². The molecule has 3 rings (SSSR count). The maximum absolute atomic E-state index is 13.0. The van der Waals surface area contributed by atoms with E-state index in [1.54, 1.807) is 30.3 Å². The maximum Gasteiger partial charge on any atom is 0.344 e. The van der Waals surface area contributed by atoms with E-state index in [0.29, 0.717) is 17.0 Å². The van der Waals surface area contributed by atoms with Crippen LogP contribution in [0.15, 0.2) is 54.6 Å². The fourth-order valence-electron chi connectivity index (χ4n) is 3.34. The molecule has 1 saturated heterocycles. The molecule has 0 aromatic heterocycles. The van der Waals surface area contributed by atoms with Crippen LogP contribution in [0.4, 0.5) is 4.79 Å². The molecule has 1 aliphatic rings. The van der Waals surface area contributed by atoms with Crippen molar-refractivity contribution in [3.05, 3.63) is 70.7 Å². The quantitative estimate of drug-likeness (QED) is 0.607. The lowest BCUT2D eigenvalue weighted by Gasteiger charge is -2.25. The minimum Gasteiger partial charge on any atom is -0.318 e. The molecule has 0 bridgehead atoms. The van der Waals surface area contributed by atoms with E-state index in [-0.39, 0.29) is 12.6 Å². The monoisotopic (exact) mass is 414 g/mol. The topological polar surface area (TPSA) is 90.5 Å². The summed E-state index contributed by atoms with van der Waals surface area (Å²) in [5.74, 6) is -1.00. The first-order chi connectivity index (χ1) is 13.9. The van der Waals surface area contributed by atoms with Crippen molar-refractivity contribution in [1.82, 2.24) is 21.1 Å². The number of carbonyl (C=O) groups excluding carboxylic acids is 3. The van der Waals surface area contributed by atoms with Crippen LogP contribution in [-0.2, 0) is 15.1 Å². The number of hydrazine groups is 1. The molecule has 3 N–H and O–H groups in total. The third-order valence-electron chi connectivity index (χ3n) is 5.04. The predicted octanol–water partition coefficient (Wildman–Crippen LogP) is 2.88. The number of nitrogens with one attached hydrogen (secondary N) is 3. The van der Waals surface area contributed by atoms with Gasteiger partial charge < -0.3 is 10.6 Å². The van der Waals surface area contributed by atoms with Crippen molar-refractivity contribution in [2.75, 3.05) is 6.54 Å². The van der Waals surface area contributed by atoms with E-state index in [1.165, 1.54) is 0 Å². The van der Waals surface area contributed by atoms with Crippen molar-refractivity contribution >= 4 is 29.4 Å². The Morgan fingerprint density at radius 3 is 2.55 bits per heavy atom. The molecule has 2 aromatic rings. The average Bonchev–Trinajstić information content (AvgIpc) is 2.97. The molecule has 0 aliphatic carbocycles. The van der Waals surface area contributed by atoms with Gasteiger partial charge in [-0.15, -0.1) is 0 Å². The molecule has 29 heavy (non-hydrogen) atoms. The summed E-state index contributed by atoms with van der Waals surface area (Å²) < 4.78 is 0. The second-order valence-electron chi connectivity index (χ2n) is 6.89. The molecule has 0 saturated carbocycles. The van der Waals surface area contributed by atoms with E-state index in [2.05, 4.69) is 16.1 Å². The van der Waals surface area contributed by atoms with Gasteiger partial charge in [0.2, 0.25) is 0 Å². The number of imide groups is 1. The van der Waals surface area contributed by atoms with Gasteiger partial charge in [-0.1, -0.05) is 61.0 Å². The van der Waals surface area contributed by atoms with E-state index in [9.17, 15) is 14.4 Å². The van der Waals surface area contributed by atoms with Gasteiger partial charge in [-0.3, -0.25) is 15.0 Å².